The first-order valence-electron chi connectivity index (χ1n) is 12.2. The number of carbonyl (C=O) groups is 4. The summed E-state index contributed by atoms with van der Waals surface area (Å²) in [5.41, 5.74) is 19.3. The highest BCUT2D eigenvalue weighted by molar-refractivity contribution is 5.96. The van der Waals surface area contributed by atoms with Gasteiger partial charge in [0, 0.05) is 17.7 Å². The number of fused-ring (bicyclic) bond motifs is 2. The summed E-state index contributed by atoms with van der Waals surface area (Å²) < 4.78 is 0. The van der Waals surface area contributed by atoms with Crippen molar-refractivity contribution in [3.8, 4) is 6.07 Å². The van der Waals surface area contributed by atoms with Crippen LogP contribution in [0, 0.1) is 11.3 Å². The molecular formula is C27H30N6O4. The van der Waals surface area contributed by atoms with Crippen LogP contribution in [0.4, 0.5) is 0 Å². The molecule has 1 fully saturated rings. The minimum atomic E-state index is -1.29. The average molecular weight is 503 g/mol. The van der Waals surface area contributed by atoms with Gasteiger partial charge in [-0.25, -0.2) is 0 Å². The second-order valence-electron chi connectivity index (χ2n) is 9.54. The quantitative estimate of drug-likeness (QED) is 0.375. The second-order valence-corrected chi connectivity index (χ2v) is 9.54. The van der Waals surface area contributed by atoms with E-state index < -0.39 is 29.2 Å². The fraction of sp³-hybridized carbons (Fsp3) is 0.370. The zero-order valence-corrected chi connectivity index (χ0v) is 20.5. The lowest BCUT2D eigenvalue weighted by molar-refractivity contribution is -0.130. The van der Waals surface area contributed by atoms with E-state index in [0.29, 0.717) is 48.1 Å². The number of likely N-dealkylation sites (tertiary alicyclic amines) is 1. The topological polar surface area (TPSA) is 185 Å². The molecule has 10 heteroatoms. The first-order chi connectivity index (χ1) is 17.7. The molecule has 2 aromatic rings. The first-order valence-corrected chi connectivity index (χ1v) is 12.2. The largest absolute Gasteiger partial charge is 0.369 e. The number of carbonyl (C=O) groups excluding carboxylic acids is 4. The summed E-state index contributed by atoms with van der Waals surface area (Å²) in [7, 11) is 0. The molecule has 0 unspecified atom stereocenters. The maximum atomic E-state index is 13.3. The third-order valence-corrected chi connectivity index (χ3v) is 7.46. The van der Waals surface area contributed by atoms with Crippen LogP contribution < -0.4 is 22.5 Å². The van der Waals surface area contributed by atoms with E-state index >= 15 is 0 Å². The Labute approximate surface area is 214 Å². The molecule has 2 aliphatic rings. The highest BCUT2D eigenvalue weighted by atomic mass is 16.2. The molecule has 4 rings (SSSR count). The molecule has 0 bridgehead atoms. The average Bonchev–Trinajstić information content (AvgIpc) is 3.31. The molecule has 1 saturated heterocycles. The summed E-state index contributed by atoms with van der Waals surface area (Å²) in [6.07, 6.45) is 2.68. The number of nitrogens with zero attached hydrogens (tertiary/aromatic N) is 2. The van der Waals surface area contributed by atoms with Crippen LogP contribution in [0.15, 0.2) is 36.4 Å². The molecule has 0 saturated carbocycles. The smallest absolute Gasteiger partial charge is 0.248 e. The lowest BCUT2D eigenvalue weighted by Crippen LogP contribution is -2.46. The Morgan fingerprint density at radius 2 is 1.54 bits per heavy atom. The van der Waals surface area contributed by atoms with E-state index in [1.165, 1.54) is 0 Å². The monoisotopic (exact) mass is 502 g/mol. The van der Waals surface area contributed by atoms with E-state index in [1.807, 2.05) is 0 Å². The normalized spacial score (nSPS) is 17.7. The maximum absolute atomic E-state index is 13.3. The number of amides is 4. The molecule has 1 atom stereocenters. The van der Waals surface area contributed by atoms with Gasteiger partial charge in [0.05, 0.1) is 12.6 Å². The van der Waals surface area contributed by atoms with Gasteiger partial charge in [-0.15, -0.1) is 0 Å². The second kappa shape index (κ2) is 10.4. The van der Waals surface area contributed by atoms with Crippen molar-refractivity contribution < 1.29 is 19.2 Å². The van der Waals surface area contributed by atoms with E-state index in [1.54, 1.807) is 41.3 Å². The van der Waals surface area contributed by atoms with Gasteiger partial charge in [0.25, 0.3) is 0 Å². The van der Waals surface area contributed by atoms with Crippen molar-refractivity contribution in [2.24, 2.45) is 17.2 Å². The zero-order chi connectivity index (χ0) is 26.7. The summed E-state index contributed by atoms with van der Waals surface area (Å²) in [5.74, 6) is -1.92. The lowest BCUT2D eigenvalue weighted by Gasteiger charge is -2.34. The van der Waals surface area contributed by atoms with Gasteiger partial charge in [-0.2, -0.15) is 5.26 Å². The van der Waals surface area contributed by atoms with Gasteiger partial charge in [-0.1, -0.05) is 12.1 Å². The van der Waals surface area contributed by atoms with Crippen LogP contribution in [0.1, 0.15) is 62.2 Å². The van der Waals surface area contributed by atoms with Crippen LogP contribution in [0.3, 0.4) is 0 Å². The van der Waals surface area contributed by atoms with Gasteiger partial charge in [-0.05, 0) is 85.2 Å². The minimum Gasteiger partial charge on any atom is -0.369 e. The Morgan fingerprint density at radius 1 is 0.973 bits per heavy atom. The van der Waals surface area contributed by atoms with Crippen molar-refractivity contribution in [2.45, 2.75) is 43.6 Å². The van der Waals surface area contributed by atoms with Crippen molar-refractivity contribution in [3.05, 3.63) is 69.8 Å². The summed E-state index contributed by atoms with van der Waals surface area (Å²) >= 11 is 0. The minimum absolute atomic E-state index is 0.0218. The number of nitrogens with one attached hydrogen (secondary N) is 1. The molecule has 0 aromatic heterocycles. The molecule has 7 N–H and O–H groups in total. The molecule has 1 aliphatic carbocycles. The van der Waals surface area contributed by atoms with Crippen LogP contribution in [0.2, 0.25) is 0 Å². The lowest BCUT2D eigenvalue weighted by atomic mass is 9.69. The van der Waals surface area contributed by atoms with Crippen LogP contribution >= 0.6 is 0 Å². The predicted octanol–water partition coefficient (Wildman–Crippen LogP) is 0.249. The number of hydrogen-bond acceptors (Lipinski definition) is 6. The molecule has 2 aromatic carbocycles. The number of primary amides is 3. The van der Waals surface area contributed by atoms with Crippen LogP contribution in [0.25, 0.3) is 0 Å². The van der Waals surface area contributed by atoms with Gasteiger partial charge in [0.1, 0.15) is 11.5 Å². The summed E-state index contributed by atoms with van der Waals surface area (Å²) in [5, 5.41) is 12.4. The SMILES string of the molecule is N#C[C@@H]1CCCN1C(=O)CNCCC1(C(N)=O)c2ccc(C(N)=O)cc2CCc2cc(C(N)=O)ccc21. The molecule has 10 nitrogen and oxygen atoms in total. The Morgan fingerprint density at radius 3 is 2.03 bits per heavy atom. The van der Waals surface area contributed by atoms with Crippen molar-refractivity contribution in [2.75, 3.05) is 19.6 Å². The number of benzene rings is 2. The Balaban J connectivity index is 1.69. The van der Waals surface area contributed by atoms with Crippen molar-refractivity contribution >= 4 is 23.6 Å². The Hall–Kier alpha value is -4.23. The van der Waals surface area contributed by atoms with Gasteiger partial charge in [-0.3, -0.25) is 19.2 Å². The standard InChI is InChI=1S/C27H30N6O4/c28-14-20-2-1-11-33(20)23(34)15-32-10-9-27(26(31)37)21-7-5-18(24(29)35)12-16(21)3-4-17-13-19(25(30)36)6-8-22(17)27/h5-8,12-13,20,32H,1-4,9-11,15H2,(H2,29,35)(H2,30,36)(H2,31,37)/t20-/m0/s1. The summed E-state index contributed by atoms with van der Waals surface area (Å²) in [4.78, 5) is 51.2. The van der Waals surface area contributed by atoms with Crippen LogP contribution in [-0.2, 0) is 27.8 Å². The molecule has 0 radical (unpaired) electrons. The number of nitrogens with two attached hydrogens (primary N) is 3. The van der Waals surface area contributed by atoms with E-state index in [4.69, 9.17) is 17.2 Å². The first kappa shape index (κ1) is 25.9. The molecule has 37 heavy (non-hydrogen) atoms. The Bertz CT molecular complexity index is 1250. The molecule has 192 valence electrons. The number of rotatable bonds is 8. The zero-order valence-electron chi connectivity index (χ0n) is 20.5. The Kier molecular flexibility index (Phi) is 7.27. The molecule has 1 aliphatic heterocycles. The molecule has 1 heterocycles. The third kappa shape index (κ3) is 4.78. The molecule has 4 amide bonds. The van der Waals surface area contributed by atoms with Gasteiger partial charge in [0.2, 0.25) is 23.6 Å². The summed E-state index contributed by atoms with van der Waals surface area (Å²) in [6.45, 7) is 0.844. The number of hydrogen-bond donors (Lipinski definition) is 4. The molecule has 0 spiro atoms. The predicted molar refractivity (Wildman–Crippen MR) is 135 cm³/mol. The van der Waals surface area contributed by atoms with Crippen molar-refractivity contribution in [1.29, 1.82) is 5.26 Å². The third-order valence-electron chi connectivity index (χ3n) is 7.46. The van der Waals surface area contributed by atoms with E-state index in [0.717, 1.165) is 17.5 Å². The highest BCUT2D eigenvalue weighted by Gasteiger charge is 2.44. The van der Waals surface area contributed by atoms with E-state index in [9.17, 15) is 24.4 Å². The van der Waals surface area contributed by atoms with E-state index in [2.05, 4.69) is 11.4 Å². The van der Waals surface area contributed by atoms with Gasteiger partial charge >= 0.3 is 0 Å². The van der Waals surface area contributed by atoms with Crippen LogP contribution in [-0.4, -0.2) is 54.2 Å². The van der Waals surface area contributed by atoms with Crippen molar-refractivity contribution in [1.82, 2.24) is 10.2 Å². The fourth-order valence-electron chi connectivity index (χ4n) is 5.58. The van der Waals surface area contributed by atoms with Gasteiger partial charge in [0.15, 0.2) is 0 Å². The fourth-order valence-corrected chi connectivity index (χ4v) is 5.58. The van der Waals surface area contributed by atoms with Gasteiger partial charge < -0.3 is 27.4 Å². The number of aryl methyl sites for hydroxylation is 2. The van der Waals surface area contributed by atoms with E-state index in [-0.39, 0.29) is 25.4 Å². The number of nitriles is 1. The highest BCUT2D eigenvalue weighted by Crippen LogP contribution is 2.42. The van der Waals surface area contributed by atoms with Crippen LogP contribution in [0.5, 0.6) is 0 Å². The molecular weight excluding hydrogens is 472 g/mol. The summed E-state index contributed by atoms with van der Waals surface area (Å²) in [6, 6.07) is 11.7. The van der Waals surface area contributed by atoms with Crippen molar-refractivity contribution in [3.63, 3.8) is 0 Å². The maximum Gasteiger partial charge on any atom is 0.248 e.